The molecule has 1 aliphatic heterocycles. The zero-order valence-electron chi connectivity index (χ0n) is 19.5. The molecule has 33 heavy (non-hydrogen) atoms. The summed E-state index contributed by atoms with van der Waals surface area (Å²) in [7, 11) is 0. The SMILES string of the molecule is CC(C)Nc1nc([C@@H](C)OC(=O)c2ccccc2)cc2cnc(NCC3CCNCC3)nc12. The third-order valence-electron chi connectivity index (χ3n) is 5.73. The van der Waals surface area contributed by atoms with Gasteiger partial charge in [-0.2, -0.15) is 0 Å². The van der Waals surface area contributed by atoms with E-state index in [4.69, 9.17) is 14.7 Å². The number of anilines is 2. The Bertz CT molecular complexity index is 1080. The van der Waals surface area contributed by atoms with E-state index in [0.29, 0.717) is 28.9 Å². The third-order valence-corrected chi connectivity index (χ3v) is 5.73. The van der Waals surface area contributed by atoms with Gasteiger partial charge in [0.25, 0.3) is 0 Å². The predicted molar refractivity (Wildman–Crippen MR) is 130 cm³/mol. The van der Waals surface area contributed by atoms with Crippen LogP contribution in [-0.4, -0.2) is 46.6 Å². The van der Waals surface area contributed by atoms with Gasteiger partial charge in [0.15, 0.2) is 5.82 Å². The molecule has 0 unspecified atom stereocenters. The molecule has 0 aliphatic carbocycles. The van der Waals surface area contributed by atoms with Crippen molar-refractivity contribution < 1.29 is 9.53 Å². The number of ether oxygens (including phenoxy) is 1. The van der Waals surface area contributed by atoms with Crippen molar-refractivity contribution in [2.45, 2.75) is 45.8 Å². The van der Waals surface area contributed by atoms with Gasteiger partial charge in [0.2, 0.25) is 5.95 Å². The summed E-state index contributed by atoms with van der Waals surface area (Å²) in [6, 6.07) is 11.0. The van der Waals surface area contributed by atoms with Gasteiger partial charge in [0.05, 0.1) is 11.3 Å². The van der Waals surface area contributed by atoms with Crippen LogP contribution in [-0.2, 0) is 4.74 Å². The van der Waals surface area contributed by atoms with Crippen molar-refractivity contribution in [3.05, 3.63) is 53.9 Å². The van der Waals surface area contributed by atoms with Crippen LogP contribution in [0.1, 0.15) is 55.8 Å². The zero-order valence-corrected chi connectivity index (χ0v) is 19.5. The summed E-state index contributed by atoms with van der Waals surface area (Å²) in [4.78, 5) is 26.5. The molecule has 8 heteroatoms. The molecule has 1 aliphatic rings. The number of pyridine rings is 1. The summed E-state index contributed by atoms with van der Waals surface area (Å²) < 4.78 is 5.67. The van der Waals surface area contributed by atoms with Gasteiger partial charge in [-0.15, -0.1) is 0 Å². The zero-order chi connectivity index (χ0) is 23.2. The second-order valence-electron chi connectivity index (χ2n) is 8.81. The number of aromatic nitrogens is 3. The quantitative estimate of drug-likeness (QED) is 0.441. The molecule has 1 atom stereocenters. The number of fused-ring (bicyclic) bond motifs is 1. The normalized spacial score (nSPS) is 15.4. The molecule has 4 rings (SSSR count). The number of rotatable bonds is 8. The number of carbonyl (C=O) groups is 1. The monoisotopic (exact) mass is 448 g/mol. The van der Waals surface area contributed by atoms with Crippen LogP contribution in [0.4, 0.5) is 11.8 Å². The Morgan fingerprint density at radius 2 is 1.91 bits per heavy atom. The van der Waals surface area contributed by atoms with Crippen LogP contribution >= 0.6 is 0 Å². The highest BCUT2D eigenvalue weighted by atomic mass is 16.5. The van der Waals surface area contributed by atoms with Crippen molar-refractivity contribution in [3.8, 4) is 0 Å². The summed E-state index contributed by atoms with van der Waals surface area (Å²) in [6.45, 7) is 8.91. The standard InChI is InChI=1S/C25H32N6O2/c1-16(2)29-23-22-20(15-28-25(31-22)27-14-18-9-11-26-12-10-18)13-21(30-23)17(3)33-24(32)19-7-5-4-6-8-19/h4-8,13,15-18,26H,9-12,14H2,1-3H3,(H,29,30)(H,27,28,31)/t17-/m1/s1. The summed E-state index contributed by atoms with van der Waals surface area (Å²) >= 11 is 0. The molecule has 0 radical (unpaired) electrons. The number of nitrogens with zero attached hydrogens (tertiary/aromatic N) is 3. The van der Waals surface area contributed by atoms with Crippen LogP contribution < -0.4 is 16.0 Å². The molecule has 1 saturated heterocycles. The van der Waals surface area contributed by atoms with Crippen LogP contribution in [0.25, 0.3) is 10.9 Å². The van der Waals surface area contributed by atoms with Crippen LogP contribution in [0.5, 0.6) is 0 Å². The lowest BCUT2D eigenvalue weighted by molar-refractivity contribution is 0.0330. The maximum absolute atomic E-state index is 12.5. The molecule has 1 aromatic carbocycles. The van der Waals surface area contributed by atoms with Crippen LogP contribution in [0.15, 0.2) is 42.6 Å². The molecule has 3 heterocycles. The lowest BCUT2D eigenvalue weighted by Gasteiger charge is -2.22. The highest BCUT2D eigenvalue weighted by Gasteiger charge is 2.19. The topological polar surface area (TPSA) is 101 Å². The van der Waals surface area contributed by atoms with Gasteiger partial charge in [0.1, 0.15) is 11.6 Å². The van der Waals surface area contributed by atoms with Gasteiger partial charge >= 0.3 is 5.97 Å². The molecule has 0 saturated carbocycles. The number of benzene rings is 1. The van der Waals surface area contributed by atoms with E-state index < -0.39 is 6.10 Å². The molecule has 2 aromatic heterocycles. The minimum atomic E-state index is -0.521. The Morgan fingerprint density at radius 3 is 2.64 bits per heavy atom. The number of hydrogen-bond acceptors (Lipinski definition) is 8. The van der Waals surface area contributed by atoms with Gasteiger partial charge in [0, 0.05) is 24.2 Å². The van der Waals surface area contributed by atoms with E-state index >= 15 is 0 Å². The Hall–Kier alpha value is -3.26. The maximum atomic E-state index is 12.5. The molecule has 0 bridgehead atoms. The summed E-state index contributed by atoms with van der Waals surface area (Å²) in [5.74, 6) is 1.51. The molecular formula is C25H32N6O2. The second kappa shape index (κ2) is 10.6. The van der Waals surface area contributed by atoms with Crippen molar-refractivity contribution in [1.82, 2.24) is 20.3 Å². The highest BCUT2D eigenvalue weighted by Crippen LogP contribution is 2.27. The number of hydrogen-bond donors (Lipinski definition) is 3. The molecule has 8 nitrogen and oxygen atoms in total. The molecule has 174 valence electrons. The van der Waals surface area contributed by atoms with Crippen molar-refractivity contribution in [2.75, 3.05) is 30.3 Å². The lowest BCUT2D eigenvalue weighted by atomic mass is 9.98. The van der Waals surface area contributed by atoms with Gasteiger partial charge in [-0.1, -0.05) is 18.2 Å². The second-order valence-corrected chi connectivity index (χ2v) is 8.81. The molecule has 1 fully saturated rings. The Kier molecular flexibility index (Phi) is 7.34. The van der Waals surface area contributed by atoms with Gasteiger partial charge in [-0.3, -0.25) is 0 Å². The average Bonchev–Trinajstić information content (AvgIpc) is 2.83. The van der Waals surface area contributed by atoms with E-state index in [1.807, 2.05) is 31.2 Å². The highest BCUT2D eigenvalue weighted by molar-refractivity contribution is 5.90. The first-order valence-corrected chi connectivity index (χ1v) is 11.6. The van der Waals surface area contributed by atoms with Crippen LogP contribution in [0.3, 0.4) is 0 Å². The fraction of sp³-hybridized carbons (Fsp3) is 0.440. The molecular weight excluding hydrogens is 416 g/mol. The number of carbonyl (C=O) groups excluding carboxylic acids is 1. The van der Waals surface area contributed by atoms with E-state index in [1.54, 1.807) is 18.3 Å². The third kappa shape index (κ3) is 5.96. The van der Waals surface area contributed by atoms with Gasteiger partial charge < -0.3 is 20.7 Å². The predicted octanol–water partition coefficient (Wildman–Crippen LogP) is 4.17. The van der Waals surface area contributed by atoms with E-state index in [2.05, 4.69) is 34.8 Å². The number of piperidine rings is 1. The minimum absolute atomic E-state index is 0.166. The smallest absolute Gasteiger partial charge is 0.338 e. The summed E-state index contributed by atoms with van der Waals surface area (Å²) in [6.07, 6.45) is 3.60. The number of esters is 1. The Balaban J connectivity index is 1.55. The maximum Gasteiger partial charge on any atom is 0.338 e. The fourth-order valence-corrected chi connectivity index (χ4v) is 3.91. The Labute approximate surface area is 194 Å². The van der Waals surface area contributed by atoms with E-state index in [0.717, 1.165) is 43.4 Å². The van der Waals surface area contributed by atoms with Crippen molar-refractivity contribution in [1.29, 1.82) is 0 Å². The van der Waals surface area contributed by atoms with Crippen molar-refractivity contribution >= 4 is 28.6 Å². The van der Waals surface area contributed by atoms with E-state index in [1.165, 1.54) is 0 Å². The van der Waals surface area contributed by atoms with Crippen LogP contribution in [0.2, 0.25) is 0 Å². The fourth-order valence-electron chi connectivity index (χ4n) is 3.91. The van der Waals surface area contributed by atoms with Gasteiger partial charge in [-0.05, 0) is 70.8 Å². The van der Waals surface area contributed by atoms with Crippen LogP contribution in [0, 0.1) is 5.92 Å². The van der Waals surface area contributed by atoms with Crippen molar-refractivity contribution in [3.63, 3.8) is 0 Å². The molecule has 3 aromatic rings. The summed E-state index contributed by atoms with van der Waals surface area (Å²) in [5.41, 5.74) is 1.91. The minimum Gasteiger partial charge on any atom is -0.453 e. The number of nitrogens with one attached hydrogen (secondary N) is 3. The first-order valence-electron chi connectivity index (χ1n) is 11.6. The first kappa shape index (κ1) is 22.9. The average molecular weight is 449 g/mol. The van der Waals surface area contributed by atoms with Crippen molar-refractivity contribution in [2.24, 2.45) is 5.92 Å². The molecule has 0 spiro atoms. The molecule has 0 amide bonds. The first-order chi connectivity index (χ1) is 16.0. The lowest BCUT2D eigenvalue weighted by Crippen LogP contribution is -2.31. The van der Waals surface area contributed by atoms with E-state index in [9.17, 15) is 4.79 Å². The van der Waals surface area contributed by atoms with Gasteiger partial charge in [-0.25, -0.2) is 19.7 Å². The van der Waals surface area contributed by atoms with E-state index in [-0.39, 0.29) is 12.0 Å². The molecule has 3 N–H and O–H groups in total. The summed E-state index contributed by atoms with van der Waals surface area (Å²) in [5, 5.41) is 11.0. The largest absolute Gasteiger partial charge is 0.453 e. The Morgan fingerprint density at radius 1 is 1.15 bits per heavy atom.